The van der Waals surface area contributed by atoms with Gasteiger partial charge < -0.3 is 15.0 Å². The molecule has 0 aliphatic carbocycles. The van der Waals surface area contributed by atoms with E-state index in [1.165, 1.54) is 16.7 Å². The summed E-state index contributed by atoms with van der Waals surface area (Å²) < 4.78 is 8.05. The fourth-order valence-electron chi connectivity index (χ4n) is 4.20. The Morgan fingerprint density at radius 3 is 2.86 bits per heavy atom. The topological polar surface area (TPSA) is 59.4 Å². The van der Waals surface area contributed by atoms with E-state index in [2.05, 4.69) is 42.5 Å². The Bertz CT molecular complexity index is 847. The summed E-state index contributed by atoms with van der Waals surface area (Å²) in [6, 6.07) is 8.63. The molecule has 4 rings (SSSR count). The Kier molecular flexibility index (Phi) is 6.98. The van der Waals surface area contributed by atoms with Crippen LogP contribution in [0, 0.1) is 13.8 Å². The molecule has 3 unspecified atom stereocenters. The molecular weight excluding hydrogens is 388 g/mol. The fourth-order valence-corrected chi connectivity index (χ4v) is 4.20. The third-order valence-electron chi connectivity index (χ3n) is 5.95. The van der Waals surface area contributed by atoms with Gasteiger partial charge in [0.05, 0.1) is 25.2 Å². The van der Waals surface area contributed by atoms with Crippen LogP contribution in [0.4, 0.5) is 0 Å². The Morgan fingerprint density at radius 2 is 2.10 bits per heavy atom. The first-order valence-electron chi connectivity index (χ1n) is 10.3. The summed E-state index contributed by atoms with van der Waals surface area (Å²) in [4.78, 5) is 15.1. The maximum absolute atomic E-state index is 13.2. The highest BCUT2D eigenvalue weighted by atomic mass is 35.5. The van der Waals surface area contributed by atoms with Crippen LogP contribution in [0.25, 0.3) is 0 Å². The first-order chi connectivity index (χ1) is 13.5. The first-order valence-corrected chi connectivity index (χ1v) is 10.3. The average molecular weight is 419 g/mol. The Hall–Kier alpha value is -1.89. The number of nitrogens with zero attached hydrogens (tertiary/aromatic N) is 3. The van der Waals surface area contributed by atoms with Crippen LogP contribution >= 0.6 is 12.4 Å². The number of hydrogen-bond donors (Lipinski definition) is 1. The number of morpholine rings is 1. The molecule has 7 heteroatoms. The van der Waals surface area contributed by atoms with E-state index < -0.39 is 0 Å². The van der Waals surface area contributed by atoms with E-state index in [0.29, 0.717) is 24.9 Å². The number of aromatic nitrogens is 2. The van der Waals surface area contributed by atoms with Gasteiger partial charge in [0.25, 0.3) is 5.91 Å². The summed E-state index contributed by atoms with van der Waals surface area (Å²) >= 11 is 0. The summed E-state index contributed by atoms with van der Waals surface area (Å²) in [6.07, 6.45) is 4.10. The van der Waals surface area contributed by atoms with E-state index in [1.54, 1.807) is 0 Å². The molecule has 1 aromatic heterocycles. The SMILES string of the molecule is Cc1ccc(C)c(C2CN(C(=O)c3ccn(C4CCCNC4)n3)C(C)CO2)c1.Cl. The number of hydrogen-bond acceptors (Lipinski definition) is 4. The van der Waals surface area contributed by atoms with Crippen molar-refractivity contribution in [2.75, 3.05) is 26.2 Å². The molecule has 2 aliphatic rings. The van der Waals surface area contributed by atoms with Crippen molar-refractivity contribution in [3.63, 3.8) is 0 Å². The maximum atomic E-state index is 13.2. The summed E-state index contributed by atoms with van der Waals surface area (Å²) in [6.45, 7) is 9.30. The normalized spacial score (nSPS) is 24.8. The number of aryl methyl sites for hydroxylation is 2. The van der Waals surface area contributed by atoms with E-state index in [4.69, 9.17) is 4.74 Å². The molecule has 2 aromatic rings. The first kappa shape index (κ1) is 21.8. The van der Waals surface area contributed by atoms with Crippen LogP contribution in [0.1, 0.15) is 59.1 Å². The number of nitrogens with one attached hydrogen (secondary N) is 1. The monoisotopic (exact) mass is 418 g/mol. The molecule has 3 atom stereocenters. The van der Waals surface area contributed by atoms with E-state index in [0.717, 1.165) is 25.9 Å². The van der Waals surface area contributed by atoms with E-state index >= 15 is 0 Å². The quantitative estimate of drug-likeness (QED) is 0.829. The molecule has 158 valence electrons. The Balaban J connectivity index is 0.00000240. The number of carbonyl (C=O) groups is 1. The van der Waals surface area contributed by atoms with Crippen molar-refractivity contribution in [2.45, 2.75) is 51.8 Å². The zero-order valence-electron chi connectivity index (χ0n) is 17.4. The van der Waals surface area contributed by atoms with Gasteiger partial charge in [-0.1, -0.05) is 23.8 Å². The minimum Gasteiger partial charge on any atom is -0.370 e. The van der Waals surface area contributed by atoms with Crippen molar-refractivity contribution in [1.82, 2.24) is 20.0 Å². The lowest BCUT2D eigenvalue weighted by Gasteiger charge is -2.38. The average Bonchev–Trinajstić information content (AvgIpc) is 3.21. The van der Waals surface area contributed by atoms with Crippen LogP contribution in [0.15, 0.2) is 30.5 Å². The molecule has 0 radical (unpaired) electrons. The predicted molar refractivity (Wildman–Crippen MR) is 116 cm³/mol. The van der Waals surface area contributed by atoms with Gasteiger partial charge in [0.15, 0.2) is 0 Å². The number of piperidine rings is 1. The predicted octanol–water partition coefficient (Wildman–Crippen LogP) is 3.45. The highest BCUT2D eigenvalue weighted by Gasteiger charge is 2.33. The molecule has 0 saturated carbocycles. The molecule has 1 aromatic carbocycles. The third-order valence-corrected chi connectivity index (χ3v) is 5.95. The number of halogens is 1. The largest absolute Gasteiger partial charge is 0.370 e. The molecule has 29 heavy (non-hydrogen) atoms. The van der Waals surface area contributed by atoms with Crippen molar-refractivity contribution in [2.24, 2.45) is 0 Å². The zero-order chi connectivity index (χ0) is 19.7. The Morgan fingerprint density at radius 1 is 1.28 bits per heavy atom. The van der Waals surface area contributed by atoms with Gasteiger partial charge in [-0.15, -0.1) is 12.4 Å². The lowest BCUT2D eigenvalue weighted by atomic mass is 9.98. The fraction of sp³-hybridized carbons (Fsp3) is 0.545. The summed E-state index contributed by atoms with van der Waals surface area (Å²) in [7, 11) is 0. The summed E-state index contributed by atoms with van der Waals surface area (Å²) in [5.41, 5.74) is 4.11. The van der Waals surface area contributed by atoms with Gasteiger partial charge in [0.1, 0.15) is 11.8 Å². The van der Waals surface area contributed by atoms with E-state index in [1.807, 2.05) is 28.8 Å². The standard InChI is InChI=1S/C22H30N4O2.ClH/c1-15-6-7-16(2)19(11-15)21-13-25(17(3)14-28-21)22(27)20-8-10-26(24-20)18-5-4-9-23-12-18;/h6-8,10-11,17-18,21,23H,4-5,9,12-14H2,1-3H3;1H. The number of carbonyl (C=O) groups excluding carboxylic acids is 1. The van der Waals surface area contributed by atoms with Gasteiger partial charge in [-0.25, -0.2) is 0 Å². The highest BCUT2D eigenvalue weighted by Crippen LogP contribution is 2.29. The highest BCUT2D eigenvalue weighted by molar-refractivity contribution is 5.92. The minimum absolute atomic E-state index is 0. The van der Waals surface area contributed by atoms with Gasteiger partial charge in [0, 0.05) is 12.7 Å². The molecular formula is C22H31ClN4O2. The lowest BCUT2D eigenvalue weighted by molar-refractivity contribution is -0.0491. The van der Waals surface area contributed by atoms with Crippen molar-refractivity contribution < 1.29 is 9.53 Å². The number of amides is 1. The molecule has 2 fully saturated rings. The number of rotatable bonds is 3. The van der Waals surface area contributed by atoms with Crippen LogP contribution in [0.5, 0.6) is 0 Å². The van der Waals surface area contributed by atoms with Crippen molar-refractivity contribution in [1.29, 1.82) is 0 Å². The molecule has 6 nitrogen and oxygen atoms in total. The van der Waals surface area contributed by atoms with Crippen LogP contribution in [-0.4, -0.2) is 52.9 Å². The van der Waals surface area contributed by atoms with Crippen LogP contribution in [-0.2, 0) is 4.74 Å². The maximum Gasteiger partial charge on any atom is 0.274 e. The molecule has 2 aliphatic heterocycles. The Labute approximate surface area is 179 Å². The molecule has 1 amide bonds. The minimum atomic E-state index is -0.0929. The molecule has 2 saturated heterocycles. The lowest BCUT2D eigenvalue weighted by Crippen LogP contribution is -2.48. The van der Waals surface area contributed by atoms with Crippen LogP contribution in [0.3, 0.4) is 0 Å². The molecule has 0 bridgehead atoms. The zero-order valence-corrected chi connectivity index (χ0v) is 18.2. The summed E-state index contributed by atoms with van der Waals surface area (Å²) in [5.74, 6) is -0.00590. The van der Waals surface area contributed by atoms with Crippen molar-refractivity contribution >= 4 is 18.3 Å². The van der Waals surface area contributed by atoms with Gasteiger partial charge in [-0.2, -0.15) is 5.10 Å². The third kappa shape index (κ3) is 4.65. The second-order valence-corrected chi connectivity index (χ2v) is 8.17. The van der Waals surface area contributed by atoms with Gasteiger partial charge >= 0.3 is 0 Å². The molecule has 0 spiro atoms. The van der Waals surface area contributed by atoms with Crippen LogP contribution in [0.2, 0.25) is 0 Å². The smallest absolute Gasteiger partial charge is 0.274 e. The van der Waals surface area contributed by atoms with Crippen molar-refractivity contribution in [3.8, 4) is 0 Å². The van der Waals surface area contributed by atoms with Crippen molar-refractivity contribution in [3.05, 3.63) is 52.8 Å². The van der Waals surface area contributed by atoms with E-state index in [9.17, 15) is 4.79 Å². The van der Waals surface area contributed by atoms with E-state index in [-0.39, 0.29) is 30.5 Å². The summed E-state index contributed by atoms with van der Waals surface area (Å²) in [5, 5.41) is 8.02. The number of ether oxygens (including phenoxy) is 1. The number of benzene rings is 1. The van der Waals surface area contributed by atoms with Gasteiger partial charge in [-0.05, 0) is 57.4 Å². The van der Waals surface area contributed by atoms with Crippen LogP contribution < -0.4 is 5.32 Å². The molecule has 3 heterocycles. The van der Waals surface area contributed by atoms with Gasteiger partial charge in [0.2, 0.25) is 0 Å². The molecule has 1 N–H and O–H groups in total. The second kappa shape index (κ2) is 9.28. The van der Waals surface area contributed by atoms with Gasteiger partial charge in [-0.3, -0.25) is 9.48 Å². The second-order valence-electron chi connectivity index (χ2n) is 8.17.